The molecule has 2 aliphatic rings. The molecule has 2 aliphatic heterocycles. The van der Waals surface area contributed by atoms with Gasteiger partial charge in [-0.05, 0) is 57.0 Å². The third kappa shape index (κ3) is 2.89. The van der Waals surface area contributed by atoms with Crippen molar-refractivity contribution in [2.24, 2.45) is 0 Å². The topological polar surface area (TPSA) is 6.48 Å². The normalized spacial score (nSPS) is 24.1. The number of benzene rings is 1. The van der Waals surface area contributed by atoms with Crippen LogP contribution in [0.2, 0.25) is 0 Å². The average Bonchev–Trinajstić information content (AvgIpc) is 2.47. The molecule has 0 atom stereocenters. The Labute approximate surface area is 121 Å². The van der Waals surface area contributed by atoms with E-state index in [1.165, 1.54) is 57.3 Å². The minimum atomic E-state index is -0.143. The molecule has 0 bridgehead atoms. The predicted molar refractivity (Wildman–Crippen MR) is 80.1 cm³/mol. The molecule has 2 saturated heterocycles. The summed E-state index contributed by atoms with van der Waals surface area (Å²) in [6.07, 6.45) is 6.68. The summed E-state index contributed by atoms with van der Waals surface area (Å²) in [5.74, 6) is -0.143. The summed E-state index contributed by atoms with van der Waals surface area (Å²) in [5.41, 5.74) is 1.69. The Morgan fingerprint density at radius 3 is 2.35 bits per heavy atom. The van der Waals surface area contributed by atoms with Crippen molar-refractivity contribution < 1.29 is 4.39 Å². The molecule has 1 aromatic carbocycles. The molecule has 2 fully saturated rings. The smallest absolute Gasteiger partial charge is 0.123 e. The van der Waals surface area contributed by atoms with Crippen LogP contribution in [-0.2, 0) is 6.54 Å². The van der Waals surface area contributed by atoms with E-state index >= 15 is 0 Å². The van der Waals surface area contributed by atoms with Crippen LogP contribution in [-0.4, -0.2) is 42.0 Å². The van der Waals surface area contributed by atoms with E-state index in [9.17, 15) is 4.39 Å². The molecule has 0 radical (unpaired) electrons. The number of piperidine rings is 2. The largest absolute Gasteiger partial charge is 0.301 e. The zero-order chi connectivity index (χ0) is 14.0. The van der Waals surface area contributed by atoms with Crippen molar-refractivity contribution in [2.45, 2.75) is 44.2 Å². The lowest BCUT2D eigenvalue weighted by Crippen LogP contribution is -2.55. The highest BCUT2D eigenvalue weighted by atomic mass is 19.1. The van der Waals surface area contributed by atoms with Crippen LogP contribution in [0.5, 0.6) is 0 Å². The van der Waals surface area contributed by atoms with Crippen molar-refractivity contribution in [3.05, 3.63) is 35.6 Å². The second-order valence-electron chi connectivity index (χ2n) is 6.51. The summed E-state index contributed by atoms with van der Waals surface area (Å²) in [6.45, 7) is 4.56. The Bertz CT molecular complexity index is 435. The van der Waals surface area contributed by atoms with Crippen LogP contribution < -0.4 is 0 Å². The van der Waals surface area contributed by atoms with Crippen molar-refractivity contribution in [1.29, 1.82) is 0 Å². The summed E-state index contributed by atoms with van der Waals surface area (Å²) >= 11 is 0. The highest BCUT2D eigenvalue weighted by molar-refractivity contribution is 5.16. The van der Waals surface area contributed by atoms with Gasteiger partial charge in [0.05, 0.1) is 0 Å². The summed E-state index contributed by atoms with van der Waals surface area (Å²) in [6, 6.07) is 6.95. The van der Waals surface area contributed by atoms with Crippen molar-refractivity contribution in [1.82, 2.24) is 9.80 Å². The number of halogens is 1. The van der Waals surface area contributed by atoms with E-state index in [1.54, 1.807) is 12.1 Å². The molecule has 1 spiro atoms. The highest BCUT2D eigenvalue weighted by Crippen LogP contribution is 2.36. The first-order chi connectivity index (χ1) is 9.68. The second-order valence-corrected chi connectivity index (χ2v) is 6.51. The predicted octanol–water partition coefficient (Wildman–Crippen LogP) is 3.28. The fourth-order valence-corrected chi connectivity index (χ4v) is 3.84. The number of hydrogen-bond acceptors (Lipinski definition) is 2. The molecular formula is C17H25FN2. The third-order valence-electron chi connectivity index (χ3n) is 5.30. The molecule has 0 N–H and O–H groups in total. The van der Waals surface area contributed by atoms with Gasteiger partial charge in [0.15, 0.2) is 0 Å². The summed E-state index contributed by atoms with van der Waals surface area (Å²) in [4.78, 5) is 5.12. The van der Waals surface area contributed by atoms with E-state index < -0.39 is 0 Å². The molecule has 0 saturated carbocycles. The van der Waals surface area contributed by atoms with Crippen LogP contribution >= 0.6 is 0 Å². The van der Waals surface area contributed by atoms with E-state index in [4.69, 9.17) is 0 Å². The minimum absolute atomic E-state index is 0.143. The molecule has 2 heterocycles. The van der Waals surface area contributed by atoms with E-state index in [-0.39, 0.29) is 5.82 Å². The van der Waals surface area contributed by atoms with Crippen LogP contribution in [0, 0.1) is 5.82 Å². The van der Waals surface area contributed by atoms with Gasteiger partial charge in [0, 0.05) is 25.2 Å². The number of nitrogens with zero attached hydrogens (tertiary/aromatic N) is 2. The molecule has 0 amide bonds. The van der Waals surface area contributed by atoms with Gasteiger partial charge in [-0.3, -0.25) is 4.90 Å². The number of rotatable bonds is 2. The van der Waals surface area contributed by atoms with E-state index in [0.29, 0.717) is 5.54 Å². The lowest BCUT2D eigenvalue weighted by Gasteiger charge is -2.50. The molecule has 20 heavy (non-hydrogen) atoms. The zero-order valence-electron chi connectivity index (χ0n) is 12.4. The molecule has 3 rings (SSSR count). The van der Waals surface area contributed by atoms with Gasteiger partial charge in [0.25, 0.3) is 0 Å². The molecule has 1 aromatic rings. The average molecular weight is 276 g/mol. The Balaban J connectivity index is 1.57. The van der Waals surface area contributed by atoms with Crippen LogP contribution in [0.15, 0.2) is 24.3 Å². The fraction of sp³-hybridized carbons (Fsp3) is 0.647. The van der Waals surface area contributed by atoms with Crippen LogP contribution in [0.3, 0.4) is 0 Å². The van der Waals surface area contributed by atoms with E-state index in [0.717, 1.165) is 6.54 Å². The Morgan fingerprint density at radius 1 is 1.00 bits per heavy atom. The van der Waals surface area contributed by atoms with E-state index in [1.807, 2.05) is 12.1 Å². The number of hydrogen-bond donors (Lipinski definition) is 0. The van der Waals surface area contributed by atoms with Crippen LogP contribution in [0.1, 0.15) is 37.7 Å². The van der Waals surface area contributed by atoms with Crippen LogP contribution in [0.25, 0.3) is 0 Å². The Kier molecular flexibility index (Phi) is 4.08. The first-order valence-electron chi connectivity index (χ1n) is 7.86. The van der Waals surface area contributed by atoms with Crippen LogP contribution in [0.4, 0.5) is 4.39 Å². The summed E-state index contributed by atoms with van der Waals surface area (Å²) < 4.78 is 12.9. The summed E-state index contributed by atoms with van der Waals surface area (Å²) in [7, 11) is 2.30. The zero-order valence-corrected chi connectivity index (χ0v) is 12.4. The maximum atomic E-state index is 12.9. The van der Waals surface area contributed by atoms with Crippen molar-refractivity contribution in [2.75, 3.05) is 26.7 Å². The van der Waals surface area contributed by atoms with Gasteiger partial charge in [-0.25, -0.2) is 4.39 Å². The molecule has 2 nitrogen and oxygen atoms in total. The van der Waals surface area contributed by atoms with Gasteiger partial charge < -0.3 is 4.90 Å². The first kappa shape index (κ1) is 14.0. The first-order valence-corrected chi connectivity index (χ1v) is 7.86. The molecule has 0 aromatic heterocycles. The summed E-state index contributed by atoms with van der Waals surface area (Å²) in [5, 5.41) is 0. The minimum Gasteiger partial charge on any atom is -0.301 e. The van der Waals surface area contributed by atoms with Gasteiger partial charge in [0.1, 0.15) is 5.82 Å². The molecule has 110 valence electrons. The standard InChI is InChI=1S/C17H25FN2/c1-19-11-3-2-8-17(19)9-12-20(13-10-17)14-15-4-6-16(18)7-5-15/h4-7H,2-3,8-14H2,1H3. The maximum absolute atomic E-state index is 12.9. The Morgan fingerprint density at radius 2 is 1.70 bits per heavy atom. The van der Waals surface area contributed by atoms with Gasteiger partial charge in [-0.2, -0.15) is 0 Å². The maximum Gasteiger partial charge on any atom is 0.123 e. The quantitative estimate of drug-likeness (QED) is 0.818. The third-order valence-corrected chi connectivity index (χ3v) is 5.30. The van der Waals surface area contributed by atoms with Gasteiger partial charge in [-0.15, -0.1) is 0 Å². The van der Waals surface area contributed by atoms with Gasteiger partial charge in [-0.1, -0.05) is 18.6 Å². The highest BCUT2D eigenvalue weighted by Gasteiger charge is 2.39. The molecule has 0 unspecified atom stereocenters. The molecule has 3 heteroatoms. The lowest BCUT2D eigenvalue weighted by molar-refractivity contribution is 0.00819. The van der Waals surface area contributed by atoms with Gasteiger partial charge in [0.2, 0.25) is 0 Å². The van der Waals surface area contributed by atoms with E-state index in [2.05, 4.69) is 16.8 Å². The number of likely N-dealkylation sites (tertiary alicyclic amines) is 2. The van der Waals surface area contributed by atoms with Gasteiger partial charge >= 0.3 is 0 Å². The van der Waals surface area contributed by atoms with Crippen molar-refractivity contribution in [3.8, 4) is 0 Å². The Hall–Kier alpha value is -0.930. The lowest BCUT2D eigenvalue weighted by atomic mass is 9.79. The molecular weight excluding hydrogens is 251 g/mol. The molecule has 0 aliphatic carbocycles. The van der Waals surface area contributed by atoms with Crippen molar-refractivity contribution in [3.63, 3.8) is 0 Å². The SMILES string of the molecule is CN1CCCCC12CCN(Cc1ccc(F)cc1)CC2. The second kappa shape index (κ2) is 5.82. The fourth-order valence-electron chi connectivity index (χ4n) is 3.84. The monoisotopic (exact) mass is 276 g/mol. The van der Waals surface area contributed by atoms with Crippen molar-refractivity contribution >= 4 is 0 Å².